The number of halogens is 3. The number of hydrogen-bond donors (Lipinski definition) is 1. The molecule has 0 bridgehead atoms. The fourth-order valence-electron chi connectivity index (χ4n) is 2.44. The van der Waals surface area contributed by atoms with Crippen LogP contribution in [-0.2, 0) is 12.6 Å². The number of pyridine rings is 1. The molecule has 0 saturated heterocycles. The third kappa shape index (κ3) is 5.20. The molecular weight excluding hydrogens is 333 g/mol. The predicted molar refractivity (Wildman–Crippen MR) is 87.5 cm³/mol. The van der Waals surface area contributed by atoms with Crippen LogP contribution in [0, 0.1) is 0 Å². The van der Waals surface area contributed by atoms with Crippen LogP contribution in [0.2, 0.25) is 0 Å². The van der Waals surface area contributed by atoms with Crippen molar-refractivity contribution in [1.82, 2.24) is 10.3 Å². The Morgan fingerprint density at radius 3 is 2.56 bits per heavy atom. The lowest BCUT2D eigenvalue weighted by molar-refractivity contribution is -0.137. The van der Waals surface area contributed by atoms with Gasteiger partial charge in [0, 0.05) is 17.9 Å². The number of nitrogens with zero attached hydrogens (tertiary/aromatic N) is 1. The summed E-state index contributed by atoms with van der Waals surface area (Å²) in [4.78, 5) is 15.8. The maximum atomic E-state index is 12.7. The van der Waals surface area contributed by atoms with Gasteiger partial charge >= 0.3 is 6.18 Å². The molecule has 0 aliphatic rings. The number of nitrogens with one attached hydrogen (secondary N) is 1. The van der Waals surface area contributed by atoms with E-state index in [0.717, 1.165) is 17.8 Å². The molecule has 1 aromatic heterocycles. The van der Waals surface area contributed by atoms with Crippen LogP contribution in [0.5, 0.6) is 5.75 Å². The first kappa shape index (κ1) is 18.8. The van der Waals surface area contributed by atoms with Crippen LogP contribution in [0.4, 0.5) is 13.2 Å². The molecule has 0 radical (unpaired) electrons. The molecule has 1 heterocycles. The zero-order valence-electron chi connectivity index (χ0n) is 14.1. The summed E-state index contributed by atoms with van der Waals surface area (Å²) in [5.41, 5.74) is -0.816. The highest BCUT2D eigenvalue weighted by Gasteiger charge is 2.32. The van der Waals surface area contributed by atoms with Gasteiger partial charge in [-0.1, -0.05) is 12.1 Å². The molecule has 1 N–H and O–H groups in total. The molecule has 1 amide bonds. The van der Waals surface area contributed by atoms with Crippen molar-refractivity contribution in [3.63, 3.8) is 0 Å². The highest BCUT2D eigenvalue weighted by Crippen LogP contribution is 2.29. The molecule has 0 fully saturated rings. The van der Waals surface area contributed by atoms with Crippen molar-refractivity contribution in [1.29, 1.82) is 0 Å². The molecule has 4 nitrogen and oxygen atoms in total. The van der Waals surface area contributed by atoms with Gasteiger partial charge in [0.1, 0.15) is 5.75 Å². The van der Waals surface area contributed by atoms with Gasteiger partial charge in [-0.3, -0.25) is 9.78 Å². The van der Waals surface area contributed by atoms with Crippen molar-refractivity contribution >= 4 is 5.91 Å². The fourth-order valence-corrected chi connectivity index (χ4v) is 2.44. The van der Waals surface area contributed by atoms with E-state index in [9.17, 15) is 18.0 Å². The smallest absolute Gasteiger partial charge is 0.417 e. The van der Waals surface area contributed by atoms with Crippen LogP contribution in [0.25, 0.3) is 0 Å². The Hall–Kier alpha value is -2.57. The van der Waals surface area contributed by atoms with E-state index in [1.807, 2.05) is 24.3 Å². The Labute approximate surface area is 144 Å². The molecule has 0 aliphatic heterocycles. The lowest BCUT2D eigenvalue weighted by Crippen LogP contribution is -2.45. The van der Waals surface area contributed by atoms with Crippen molar-refractivity contribution in [2.24, 2.45) is 0 Å². The van der Waals surface area contributed by atoms with E-state index in [0.29, 0.717) is 18.4 Å². The summed E-state index contributed by atoms with van der Waals surface area (Å²) in [6.45, 7) is 3.59. The highest BCUT2D eigenvalue weighted by atomic mass is 19.4. The molecule has 1 aromatic carbocycles. The number of carbonyl (C=O) groups excluding carboxylic acids is 1. The summed E-state index contributed by atoms with van der Waals surface area (Å²) < 4.78 is 43.4. The molecule has 0 unspecified atom stereocenters. The van der Waals surface area contributed by atoms with Gasteiger partial charge in [0.2, 0.25) is 0 Å². The first-order valence-electron chi connectivity index (χ1n) is 7.58. The van der Waals surface area contributed by atoms with Gasteiger partial charge in [-0.2, -0.15) is 13.2 Å². The quantitative estimate of drug-likeness (QED) is 0.889. The summed E-state index contributed by atoms with van der Waals surface area (Å²) >= 11 is 0. The highest BCUT2D eigenvalue weighted by molar-refractivity contribution is 5.94. The van der Waals surface area contributed by atoms with Gasteiger partial charge < -0.3 is 10.1 Å². The molecule has 0 aliphatic carbocycles. The average molecular weight is 352 g/mol. The summed E-state index contributed by atoms with van der Waals surface area (Å²) in [6.07, 6.45) is -2.24. The molecule has 25 heavy (non-hydrogen) atoms. The number of aromatic nitrogens is 1. The first-order chi connectivity index (χ1) is 11.6. The monoisotopic (exact) mass is 352 g/mol. The number of ether oxygens (including phenoxy) is 1. The number of alkyl halides is 3. The Bertz CT molecular complexity index is 758. The molecule has 0 spiro atoms. The number of hydrogen-bond acceptors (Lipinski definition) is 3. The Balaban J connectivity index is 2.13. The second-order valence-electron chi connectivity index (χ2n) is 6.33. The Morgan fingerprint density at radius 1 is 1.20 bits per heavy atom. The maximum Gasteiger partial charge on any atom is 0.417 e. The van der Waals surface area contributed by atoms with Crippen molar-refractivity contribution in [3.05, 3.63) is 59.4 Å². The number of amides is 1. The largest absolute Gasteiger partial charge is 0.497 e. The molecule has 0 atom stereocenters. The molecular formula is C18H19F3N2O2. The Morgan fingerprint density at radius 2 is 1.92 bits per heavy atom. The minimum atomic E-state index is -4.54. The minimum absolute atomic E-state index is 0.131. The number of rotatable bonds is 5. The number of carbonyl (C=O) groups is 1. The topological polar surface area (TPSA) is 51.2 Å². The maximum absolute atomic E-state index is 12.7. The fraction of sp³-hybridized carbons (Fsp3) is 0.333. The lowest BCUT2D eigenvalue weighted by Gasteiger charge is -2.26. The van der Waals surface area contributed by atoms with E-state index in [1.54, 1.807) is 21.0 Å². The SMILES string of the molecule is COc1cccc(CC(C)(C)NC(=O)c2cncc(C(F)(F)F)c2)c1. The molecule has 2 rings (SSSR count). The summed E-state index contributed by atoms with van der Waals surface area (Å²) in [6, 6.07) is 8.18. The van der Waals surface area contributed by atoms with Crippen LogP contribution in [0.15, 0.2) is 42.7 Å². The third-order valence-corrected chi connectivity index (χ3v) is 3.56. The predicted octanol–water partition coefficient (Wildman–Crippen LogP) is 3.86. The van der Waals surface area contributed by atoms with Gasteiger partial charge in [-0.15, -0.1) is 0 Å². The van der Waals surface area contributed by atoms with Crippen LogP contribution in [0.3, 0.4) is 0 Å². The van der Waals surface area contributed by atoms with Crippen molar-refractivity contribution in [3.8, 4) is 5.75 Å². The molecule has 2 aromatic rings. The van der Waals surface area contributed by atoms with E-state index in [2.05, 4.69) is 10.3 Å². The van der Waals surface area contributed by atoms with Crippen molar-refractivity contribution in [2.45, 2.75) is 32.0 Å². The summed E-state index contributed by atoms with van der Waals surface area (Å²) in [5, 5.41) is 2.75. The van der Waals surface area contributed by atoms with Crippen LogP contribution < -0.4 is 10.1 Å². The van der Waals surface area contributed by atoms with Gasteiger partial charge in [-0.25, -0.2) is 0 Å². The van der Waals surface area contributed by atoms with E-state index < -0.39 is 23.2 Å². The van der Waals surface area contributed by atoms with Crippen LogP contribution in [-0.4, -0.2) is 23.5 Å². The minimum Gasteiger partial charge on any atom is -0.497 e. The molecule has 7 heteroatoms. The van der Waals surface area contributed by atoms with Gasteiger partial charge in [0.05, 0.1) is 18.2 Å². The van der Waals surface area contributed by atoms with Gasteiger partial charge in [0.25, 0.3) is 5.91 Å². The van der Waals surface area contributed by atoms with Crippen molar-refractivity contribution in [2.75, 3.05) is 7.11 Å². The molecule has 0 saturated carbocycles. The van der Waals surface area contributed by atoms with E-state index >= 15 is 0 Å². The van der Waals surface area contributed by atoms with Crippen LogP contribution >= 0.6 is 0 Å². The van der Waals surface area contributed by atoms with Gasteiger partial charge in [-0.05, 0) is 44.0 Å². The Kier molecular flexibility index (Phi) is 5.35. The first-order valence-corrected chi connectivity index (χ1v) is 7.58. The van der Waals surface area contributed by atoms with E-state index in [-0.39, 0.29) is 5.56 Å². The zero-order chi connectivity index (χ0) is 18.7. The summed E-state index contributed by atoms with van der Waals surface area (Å²) in [5.74, 6) is 0.0909. The van der Waals surface area contributed by atoms with Crippen molar-refractivity contribution < 1.29 is 22.7 Å². The standard InChI is InChI=1S/C18H19F3N2O2/c1-17(2,9-12-5-4-6-15(7-12)25-3)23-16(24)13-8-14(11-22-10-13)18(19,20)21/h4-8,10-11H,9H2,1-3H3,(H,23,24). The van der Waals surface area contributed by atoms with E-state index in [1.165, 1.54) is 0 Å². The number of benzene rings is 1. The molecule has 134 valence electrons. The second kappa shape index (κ2) is 7.13. The summed E-state index contributed by atoms with van der Waals surface area (Å²) in [7, 11) is 1.56. The van der Waals surface area contributed by atoms with Gasteiger partial charge in [0.15, 0.2) is 0 Å². The number of methoxy groups -OCH3 is 1. The second-order valence-corrected chi connectivity index (χ2v) is 6.33. The normalized spacial score (nSPS) is 11.9. The lowest BCUT2D eigenvalue weighted by atomic mass is 9.94. The average Bonchev–Trinajstić information content (AvgIpc) is 2.53. The third-order valence-electron chi connectivity index (χ3n) is 3.56. The van der Waals surface area contributed by atoms with E-state index in [4.69, 9.17) is 4.74 Å². The van der Waals surface area contributed by atoms with Crippen LogP contribution in [0.1, 0.15) is 35.3 Å². The zero-order valence-corrected chi connectivity index (χ0v) is 14.1.